The molecular formula is C11H22N2O3S. The second-order valence-corrected chi connectivity index (χ2v) is 6.99. The Hall–Kier alpha value is -0.620. The van der Waals surface area contributed by atoms with Crippen molar-refractivity contribution in [3.05, 3.63) is 0 Å². The van der Waals surface area contributed by atoms with Crippen LogP contribution in [0, 0.1) is 0 Å². The maximum Gasteiger partial charge on any atom is 0.235 e. The highest BCUT2D eigenvalue weighted by Gasteiger charge is 2.30. The first-order valence-corrected chi connectivity index (χ1v) is 7.83. The highest BCUT2D eigenvalue weighted by molar-refractivity contribution is 7.92. The van der Waals surface area contributed by atoms with Crippen molar-refractivity contribution in [3.8, 4) is 0 Å². The van der Waals surface area contributed by atoms with E-state index in [0.717, 1.165) is 12.8 Å². The highest BCUT2D eigenvalue weighted by atomic mass is 32.2. The number of carbonyl (C=O) groups is 1. The van der Waals surface area contributed by atoms with E-state index in [-0.39, 0.29) is 23.0 Å². The molecule has 1 aliphatic carbocycles. The van der Waals surface area contributed by atoms with Crippen LogP contribution in [0.2, 0.25) is 0 Å². The van der Waals surface area contributed by atoms with Crippen molar-refractivity contribution >= 4 is 15.7 Å². The molecule has 1 atom stereocenters. The summed E-state index contributed by atoms with van der Waals surface area (Å²) in [4.78, 5) is 11.5. The Kier molecular flexibility index (Phi) is 5.39. The number of sulfone groups is 1. The smallest absolute Gasteiger partial charge is 0.235 e. The Balaban J connectivity index is 2.39. The van der Waals surface area contributed by atoms with Gasteiger partial charge in [-0.15, -0.1) is 0 Å². The van der Waals surface area contributed by atoms with Crippen LogP contribution in [-0.4, -0.2) is 45.0 Å². The van der Waals surface area contributed by atoms with E-state index in [1.807, 2.05) is 6.92 Å². The summed E-state index contributed by atoms with van der Waals surface area (Å²) in [5, 5.41) is 5.31. The molecule has 1 unspecified atom stereocenters. The van der Waals surface area contributed by atoms with E-state index >= 15 is 0 Å². The van der Waals surface area contributed by atoms with Crippen molar-refractivity contribution in [2.24, 2.45) is 0 Å². The fraction of sp³-hybridized carbons (Fsp3) is 0.909. The maximum absolute atomic E-state index is 11.9. The Labute approximate surface area is 103 Å². The van der Waals surface area contributed by atoms with E-state index in [9.17, 15) is 13.2 Å². The summed E-state index contributed by atoms with van der Waals surface area (Å²) >= 11 is 0. The predicted octanol–water partition coefficient (Wildman–Crippen LogP) is 0.0679. The molecule has 1 aliphatic rings. The van der Waals surface area contributed by atoms with Crippen LogP contribution in [0.1, 0.15) is 32.6 Å². The molecular weight excluding hydrogens is 240 g/mol. The fourth-order valence-electron chi connectivity index (χ4n) is 1.97. The minimum absolute atomic E-state index is 0.146. The molecule has 100 valence electrons. The van der Waals surface area contributed by atoms with Crippen LogP contribution < -0.4 is 10.6 Å². The molecule has 1 fully saturated rings. The van der Waals surface area contributed by atoms with Crippen molar-refractivity contribution in [1.82, 2.24) is 10.6 Å². The van der Waals surface area contributed by atoms with Crippen LogP contribution in [0.3, 0.4) is 0 Å². The van der Waals surface area contributed by atoms with Crippen LogP contribution in [0.5, 0.6) is 0 Å². The molecule has 0 aliphatic heterocycles. The van der Waals surface area contributed by atoms with E-state index in [1.54, 1.807) is 7.05 Å². The average Bonchev–Trinajstić information content (AvgIpc) is 2.79. The summed E-state index contributed by atoms with van der Waals surface area (Å²) in [5.74, 6) is -0.757. The van der Waals surface area contributed by atoms with E-state index in [2.05, 4.69) is 10.6 Å². The Morgan fingerprint density at radius 2 is 1.94 bits per heavy atom. The first-order chi connectivity index (χ1) is 7.95. The van der Waals surface area contributed by atoms with E-state index < -0.39 is 9.84 Å². The maximum atomic E-state index is 11.9. The van der Waals surface area contributed by atoms with Gasteiger partial charge in [0.15, 0.2) is 9.84 Å². The van der Waals surface area contributed by atoms with Gasteiger partial charge in [0.05, 0.1) is 5.25 Å². The lowest BCUT2D eigenvalue weighted by Gasteiger charge is -2.13. The summed E-state index contributed by atoms with van der Waals surface area (Å²) < 4.78 is 23.8. The minimum Gasteiger partial charge on any atom is -0.354 e. The van der Waals surface area contributed by atoms with Gasteiger partial charge in [-0.25, -0.2) is 8.42 Å². The number of amides is 1. The molecule has 1 amide bonds. The van der Waals surface area contributed by atoms with Crippen molar-refractivity contribution < 1.29 is 13.2 Å². The summed E-state index contributed by atoms with van der Waals surface area (Å²) in [6.07, 6.45) is 3.34. The third-order valence-electron chi connectivity index (χ3n) is 3.24. The lowest BCUT2D eigenvalue weighted by Crippen LogP contribution is -2.40. The number of rotatable bonds is 6. The van der Waals surface area contributed by atoms with E-state index in [1.165, 1.54) is 0 Å². The Morgan fingerprint density at radius 3 is 2.47 bits per heavy atom. The summed E-state index contributed by atoms with van der Waals surface area (Å²) in [7, 11) is -1.45. The van der Waals surface area contributed by atoms with E-state index in [4.69, 9.17) is 0 Å². The highest BCUT2D eigenvalue weighted by Crippen LogP contribution is 2.24. The zero-order valence-electron chi connectivity index (χ0n) is 10.5. The molecule has 1 rings (SSSR count). The first kappa shape index (κ1) is 14.4. The molecule has 17 heavy (non-hydrogen) atoms. The molecule has 0 saturated heterocycles. The van der Waals surface area contributed by atoms with E-state index in [0.29, 0.717) is 19.4 Å². The molecule has 0 spiro atoms. The quantitative estimate of drug-likeness (QED) is 0.710. The SMILES string of the molecule is CNC(C)CNC(=O)CS(=O)(=O)C1CCCC1. The van der Waals surface area contributed by atoms with Gasteiger partial charge in [0.2, 0.25) is 5.91 Å². The Morgan fingerprint density at radius 1 is 1.35 bits per heavy atom. The Bertz CT molecular complexity index is 348. The van der Waals surface area contributed by atoms with Crippen LogP contribution in [-0.2, 0) is 14.6 Å². The van der Waals surface area contributed by atoms with Crippen molar-refractivity contribution in [2.75, 3.05) is 19.3 Å². The second kappa shape index (κ2) is 6.35. The van der Waals surface area contributed by atoms with Crippen LogP contribution in [0.15, 0.2) is 0 Å². The van der Waals surface area contributed by atoms with Crippen molar-refractivity contribution in [2.45, 2.75) is 43.9 Å². The number of carbonyl (C=O) groups excluding carboxylic acids is 1. The van der Waals surface area contributed by atoms with Gasteiger partial charge < -0.3 is 10.6 Å². The zero-order chi connectivity index (χ0) is 12.9. The van der Waals surface area contributed by atoms with Crippen LogP contribution >= 0.6 is 0 Å². The third kappa shape index (κ3) is 4.63. The van der Waals surface area contributed by atoms with Gasteiger partial charge >= 0.3 is 0 Å². The van der Waals surface area contributed by atoms with Crippen molar-refractivity contribution in [1.29, 1.82) is 0 Å². The number of likely N-dealkylation sites (N-methyl/N-ethyl adjacent to an activating group) is 1. The van der Waals surface area contributed by atoms with Gasteiger partial charge in [-0.3, -0.25) is 4.79 Å². The van der Waals surface area contributed by atoms with Gasteiger partial charge in [-0.2, -0.15) is 0 Å². The monoisotopic (exact) mass is 262 g/mol. The standard InChI is InChI=1S/C11H22N2O3S/c1-9(12-2)7-13-11(14)8-17(15,16)10-5-3-4-6-10/h9-10,12H,3-8H2,1-2H3,(H,13,14). The molecule has 0 aromatic heterocycles. The fourth-order valence-corrected chi connectivity index (χ4v) is 3.72. The summed E-state index contributed by atoms with van der Waals surface area (Å²) in [5.41, 5.74) is 0. The topological polar surface area (TPSA) is 75.3 Å². The molecule has 0 aromatic carbocycles. The molecule has 0 aromatic rings. The number of hydrogen-bond acceptors (Lipinski definition) is 4. The molecule has 0 radical (unpaired) electrons. The van der Waals surface area contributed by atoms with Gasteiger partial charge in [-0.1, -0.05) is 12.8 Å². The van der Waals surface area contributed by atoms with Gasteiger partial charge in [0.1, 0.15) is 5.75 Å². The van der Waals surface area contributed by atoms with Gasteiger partial charge in [0, 0.05) is 12.6 Å². The van der Waals surface area contributed by atoms with Crippen LogP contribution in [0.4, 0.5) is 0 Å². The van der Waals surface area contributed by atoms with Crippen LogP contribution in [0.25, 0.3) is 0 Å². The lowest BCUT2D eigenvalue weighted by molar-refractivity contribution is -0.118. The predicted molar refractivity (Wildman–Crippen MR) is 67.6 cm³/mol. The number of nitrogens with one attached hydrogen (secondary N) is 2. The largest absolute Gasteiger partial charge is 0.354 e. The molecule has 2 N–H and O–H groups in total. The summed E-state index contributed by atoms with van der Waals surface area (Å²) in [6, 6.07) is 0.146. The third-order valence-corrected chi connectivity index (χ3v) is 5.39. The second-order valence-electron chi connectivity index (χ2n) is 4.71. The van der Waals surface area contributed by atoms with Gasteiger partial charge in [-0.05, 0) is 26.8 Å². The molecule has 6 heteroatoms. The summed E-state index contributed by atoms with van der Waals surface area (Å²) in [6.45, 7) is 2.38. The number of hydrogen-bond donors (Lipinski definition) is 2. The lowest BCUT2D eigenvalue weighted by atomic mass is 10.3. The average molecular weight is 262 g/mol. The molecule has 0 bridgehead atoms. The first-order valence-electron chi connectivity index (χ1n) is 6.11. The normalized spacial score (nSPS) is 19.2. The molecule has 0 heterocycles. The molecule has 1 saturated carbocycles. The van der Waals surface area contributed by atoms with Crippen molar-refractivity contribution in [3.63, 3.8) is 0 Å². The van der Waals surface area contributed by atoms with Gasteiger partial charge in [0.25, 0.3) is 0 Å². The zero-order valence-corrected chi connectivity index (χ0v) is 11.3. The molecule has 5 nitrogen and oxygen atoms in total. The minimum atomic E-state index is -3.25.